The molecule has 0 unspecified atom stereocenters. The molecule has 7 heteroatoms. The highest BCUT2D eigenvalue weighted by molar-refractivity contribution is 6.35. The molecule has 2 aromatic rings. The summed E-state index contributed by atoms with van der Waals surface area (Å²) in [5.74, 6) is 1.42. The fourth-order valence-electron chi connectivity index (χ4n) is 2.30. The maximum absolute atomic E-state index is 6.02. The predicted octanol–water partition coefficient (Wildman–Crippen LogP) is 3.67. The summed E-state index contributed by atoms with van der Waals surface area (Å²) in [6, 6.07) is 7.19. The normalized spacial score (nSPS) is 15.0. The first-order chi connectivity index (χ1) is 10.6. The first-order valence-corrected chi connectivity index (χ1v) is 7.77. The molecule has 1 aliphatic rings. The summed E-state index contributed by atoms with van der Waals surface area (Å²) >= 11 is 12.0. The van der Waals surface area contributed by atoms with E-state index in [-0.39, 0.29) is 0 Å². The molecule has 0 bridgehead atoms. The summed E-state index contributed by atoms with van der Waals surface area (Å²) in [7, 11) is 0. The Labute approximate surface area is 139 Å². The molecule has 0 spiro atoms. The van der Waals surface area contributed by atoms with Crippen molar-refractivity contribution in [3.63, 3.8) is 0 Å². The molecule has 0 atom stereocenters. The Morgan fingerprint density at radius 1 is 1.05 bits per heavy atom. The fraction of sp³-hybridized carbons (Fsp3) is 0.333. The van der Waals surface area contributed by atoms with Gasteiger partial charge in [-0.05, 0) is 25.1 Å². The highest BCUT2D eigenvalue weighted by Crippen LogP contribution is 2.25. The van der Waals surface area contributed by atoms with Crippen molar-refractivity contribution in [2.24, 2.45) is 0 Å². The molecule has 1 aliphatic heterocycles. The lowest BCUT2D eigenvalue weighted by Crippen LogP contribution is -2.37. The maximum Gasteiger partial charge on any atom is 0.227 e. The number of nitrogens with one attached hydrogen (secondary N) is 1. The Bertz CT molecular complexity index is 654. The zero-order valence-electron chi connectivity index (χ0n) is 12.1. The standard InChI is InChI=1S/C15H16Cl2N4O/c1-10-6-14(19-13-8-11(16)7-12(17)9-13)20-15(18-10)21-2-4-22-5-3-21/h6-9H,2-5H2,1H3,(H,18,19,20). The van der Waals surface area contributed by atoms with Crippen LogP contribution >= 0.6 is 23.2 Å². The van der Waals surface area contributed by atoms with Gasteiger partial charge in [0.2, 0.25) is 5.95 Å². The Balaban J connectivity index is 1.85. The van der Waals surface area contributed by atoms with Gasteiger partial charge in [-0.3, -0.25) is 0 Å². The molecule has 2 heterocycles. The Morgan fingerprint density at radius 3 is 2.41 bits per heavy atom. The van der Waals surface area contributed by atoms with Gasteiger partial charge >= 0.3 is 0 Å². The minimum Gasteiger partial charge on any atom is -0.378 e. The number of ether oxygens (including phenoxy) is 1. The van der Waals surface area contributed by atoms with E-state index in [0.717, 1.165) is 24.5 Å². The van der Waals surface area contributed by atoms with E-state index in [0.29, 0.717) is 35.0 Å². The summed E-state index contributed by atoms with van der Waals surface area (Å²) in [4.78, 5) is 11.2. The molecule has 116 valence electrons. The first-order valence-electron chi connectivity index (χ1n) is 7.02. The summed E-state index contributed by atoms with van der Waals surface area (Å²) in [5.41, 5.74) is 1.69. The second-order valence-corrected chi connectivity index (χ2v) is 5.95. The summed E-state index contributed by atoms with van der Waals surface area (Å²) < 4.78 is 5.36. The van der Waals surface area contributed by atoms with Gasteiger partial charge in [0.15, 0.2) is 0 Å². The molecule has 1 aromatic heterocycles. The van der Waals surface area contributed by atoms with Crippen molar-refractivity contribution >= 4 is 40.7 Å². The van der Waals surface area contributed by atoms with Gasteiger partial charge in [0.25, 0.3) is 0 Å². The van der Waals surface area contributed by atoms with E-state index in [1.165, 1.54) is 0 Å². The van der Waals surface area contributed by atoms with Crippen LogP contribution in [0.1, 0.15) is 5.69 Å². The lowest BCUT2D eigenvalue weighted by molar-refractivity contribution is 0.122. The van der Waals surface area contributed by atoms with Gasteiger partial charge in [-0.15, -0.1) is 0 Å². The van der Waals surface area contributed by atoms with Crippen molar-refractivity contribution in [1.29, 1.82) is 0 Å². The topological polar surface area (TPSA) is 50.3 Å². The van der Waals surface area contributed by atoms with E-state index < -0.39 is 0 Å². The molecule has 1 aromatic carbocycles. The molecule has 22 heavy (non-hydrogen) atoms. The van der Waals surface area contributed by atoms with Crippen molar-refractivity contribution in [2.75, 3.05) is 36.5 Å². The van der Waals surface area contributed by atoms with Crippen LogP contribution in [0.4, 0.5) is 17.5 Å². The lowest BCUT2D eigenvalue weighted by atomic mass is 10.3. The number of hydrogen-bond donors (Lipinski definition) is 1. The molecule has 1 fully saturated rings. The predicted molar refractivity (Wildman–Crippen MR) is 89.5 cm³/mol. The number of nitrogens with zero attached hydrogens (tertiary/aromatic N) is 3. The van der Waals surface area contributed by atoms with Gasteiger partial charge in [0.05, 0.1) is 13.2 Å². The second kappa shape index (κ2) is 6.69. The average molecular weight is 339 g/mol. The monoisotopic (exact) mass is 338 g/mol. The molecule has 3 rings (SSSR count). The molecule has 0 aliphatic carbocycles. The second-order valence-electron chi connectivity index (χ2n) is 5.08. The zero-order valence-corrected chi connectivity index (χ0v) is 13.7. The van der Waals surface area contributed by atoms with E-state index >= 15 is 0 Å². The number of hydrogen-bond acceptors (Lipinski definition) is 5. The SMILES string of the molecule is Cc1cc(Nc2cc(Cl)cc(Cl)c2)nc(N2CCOCC2)n1. The smallest absolute Gasteiger partial charge is 0.227 e. The lowest BCUT2D eigenvalue weighted by Gasteiger charge is -2.27. The van der Waals surface area contributed by atoms with E-state index in [1.54, 1.807) is 18.2 Å². The molecule has 5 nitrogen and oxygen atoms in total. The quantitative estimate of drug-likeness (QED) is 0.925. The van der Waals surface area contributed by atoms with Crippen LogP contribution in [0.15, 0.2) is 24.3 Å². The van der Waals surface area contributed by atoms with Gasteiger partial charge in [0, 0.05) is 40.6 Å². The average Bonchev–Trinajstić information content (AvgIpc) is 2.46. The largest absolute Gasteiger partial charge is 0.378 e. The van der Waals surface area contributed by atoms with Crippen molar-refractivity contribution in [1.82, 2.24) is 9.97 Å². The van der Waals surface area contributed by atoms with Gasteiger partial charge in [-0.1, -0.05) is 23.2 Å². The third kappa shape index (κ3) is 3.80. The van der Waals surface area contributed by atoms with Crippen LogP contribution in [0.25, 0.3) is 0 Å². The van der Waals surface area contributed by atoms with Gasteiger partial charge in [0.1, 0.15) is 5.82 Å². The van der Waals surface area contributed by atoms with Crippen LogP contribution in [0.2, 0.25) is 10.0 Å². The fourth-order valence-corrected chi connectivity index (χ4v) is 2.82. The third-order valence-corrected chi connectivity index (χ3v) is 3.71. The summed E-state index contributed by atoms with van der Waals surface area (Å²) in [6.07, 6.45) is 0. The van der Waals surface area contributed by atoms with Crippen molar-refractivity contribution in [2.45, 2.75) is 6.92 Å². The summed E-state index contributed by atoms with van der Waals surface area (Å²) in [6.45, 7) is 4.94. The summed E-state index contributed by atoms with van der Waals surface area (Å²) in [5, 5.41) is 4.38. The number of anilines is 3. The molecule has 0 radical (unpaired) electrons. The number of aromatic nitrogens is 2. The Hall–Kier alpha value is -1.56. The van der Waals surface area contributed by atoms with E-state index in [2.05, 4.69) is 20.2 Å². The number of benzene rings is 1. The van der Waals surface area contributed by atoms with E-state index in [4.69, 9.17) is 27.9 Å². The molecular formula is C15H16Cl2N4O. The highest BCUT2D eigenvalue weighted by atomic mass is 35.5. The Kier molecular flexibility index (Phi) is 4.66. The minimum absolute atomic E-state index is 0.578. The maximum atomic E-state index is 6.02. The van der Waals surface area contributed by atoms with Crippen LogP contribution in [0.3, 0.4) is 0 Å². The van der Waals surface area contributed by atoms with Crippen LogP contribution in [0.5, 0.6) is 0 Å². The van der Waals surface area contributed by atoms with Crippen molar-refractivity contribution < 1.29 is 4.74 Å². The highest BCUT2D eigenvalue weighted by Gasteiger charge is 2.15. The minimum atomic E-state index is 0.578. The van der Waals surface area contributed by atoms with Gasteiger partial charge in [-0.25, -0.2) is 4.98 Å². The zero-order chi connectivity index (χ0) is 15.5. The third-order valence-electron chi connectivity index (χ3n) is 3.27. The molecular weight excluding hydrogens is 323 g/mol. The van der Waals surface area contributed by atoms with Gasteiger partial charge in [-0.2, -0.15) is 4.98 Å². The van der Waals surface area contributed by atoms with Gasteiger partial charge < -0.3 is 15.0 Å². The molecule has 1 saturated heterocycles. The van der Waals surface area contributed by atoms with Crippen LogP contribution in [-0.4, -0.2) is 36.3 Å². The number of halogens is 2. The Morgan fingerprint density at radius 2 is 1.73 bits per heavy atom. The number of aryl methyl sites for hydroxylation is 1. The van der Waals surface area contributed by atoms with Crippen molar-refractivity contribution in [3.05, 3.63) is 40.0 Å². The number of morpholine rings is 1. The van der Waals surface area contributed by atoms with Crippen LogP contribution in [0, 0.1) is 6.92 Å². The number of rotatable bonds is 3. The van der Waals surface area contributed by atoms with E-state index in [9.17, 15) is 0 Å². The van der Waals surface area contributed by atoms with Crippen molar-refractivity contribution in [3.8, 4) is 0 Å². The molecule has 0 saturated carbocycles. The van der Waals surface area contributed by atoms with Crippen LogP contribution < -0.4 is 10.2 Å². The van der Waals surface area contributed by atoms with E-state index in [1.807, 2.05) is 13.0 Å². The van der Waals surface area contributed by atoms with Crippen LogP contribution in [-0.2, 0) is 4.74 Å². The molecule has 1 N–H and O–H groups in total. The molecule has 0 amide bonds. The first kappa shape index (κ1) is 15.3.